The molecule has 142 valence electrons. The van der Waals surface area contributed by atoms with Crippen LogP contribution in [0.25, 0.3) is 0 Å². The number of aliphatic hydroxyl groups is 2. The standard InChI is InChI=1S/C18H22F3N3O2/c1-12-8-17(26,14-2-4-15(5-3-14)18(19,20)21)9-16(23-12)13-10-22-24(11-13)6-7-25/h2-5,10-12,16,23,25-26H,6-9H2,1H3. The first-order chi connectivity index (χ1) is 12.2. The zero-order chi connectivity index (χ0) is 18.9. The molecule has 5 nitrogen and oxygen atoms in total. The van der Waals surface area contributed by atoms with Gasteiger partial charge in [0.15, 0.2) is 0 Å². The van der Waals surface area contributed by atoms with Crippen molar-refractivity contribution in [2.24, 2.45) is 0 Å². The fourth-order valence-corrected chi connectivity index (χ4v) is 3.59. The van der Waals surface area contributed by atoms with Crippen molar-refractivity contribution in [2.75, 3.05) is 6.61 Å². The SMILES string of the molecule is CC1CC(O)(c2ccc(C(F)(F)F)cc2)CC(c2cnn(CCO)c2)N1. The van der Waals surface area contributed by atoms with Crippen LogP contribution in [0.4, 0.5) is 13.2 Å². The van der Waals surface area contributed by atoms with Crippen LogP contribution >= 0.6 is 0 Å². The molecule has 26 heavy (non-hydrogen) atoms. The number of benzene rings is 1. The molecule has 2 aromatic rings. The number of piperidine rings is 1. The summed E-state index contributed by atoms with van der Waals surface area (Å²) >= 11 is 0. The van der Waals surface area contributed by atoms with E-state index < -0.39 is 17.3 Å². The van der Waals surface area contributed by atoms with Gasteiger partial charge in [0.1, 0.15) is 0 Å². The van der Waals surface area contributed by atoms with E-state index in [9.17, 15) is 18.3 Å². The van der Waals surface area contributed by atoms with E-state index in [0.717, 1.165) is 17.7 Å². The number of aromatic nitrogens is 2. The van der Waals surface area contributed by atoms with E-state index in [1.54, 1.807) is 17.1 Å². The fourth-order valence-electron chi connectivity index (χ4n) is 3.59. The molecule has 0 amide bonds. The second kappa shape index (κ2) is 7.02. The van der Waals surface area contributed by atoms with Crippen LogP contribution in [0.3, 0.4) is 0 Å². The predicted octanol–water partition coefficient (Wildman–Crippen LogP) is 2.59. The topological polar surface area (TPSA) is 70.3 Å². The largest absolute Gasteiger partial charge is 0.416 e. The van der Waals surface area contributed by atoms with E-state index in [1.807, 2.05) is 6.92 Å². The number of halogens is 3. The summed E-state index contributed by atoms with van der Waals surface area (Å²) in [7, 11) is 0. The van der Waals surface area contributed by atoms with Crippen LogP contribution in [0, 0.1) is 0 Å². The Hall–Kier alpha value is -1.90. The van der Waals surface area contributed by atoms with E-state index in [-0.39, 0.29) is 18.7 Å². The Morgan fingerprint density at radius 1 is 1.27 bits per heavy atom. The molecule has 0 spiro atoms. The third kappa shape index (κ3) is 3.92. The summed E-state index contributed by atoms with van der Waals surface area (Å²) in [4.78, 5) is 0. The number of rotatable bonds is 4. The van der Waals surface area contributed by atoms with Gasteiger partial charge in [-0.25, -0.2) is 0 Å². The van der Waals surface area contributed by atoms with Crippen molar-refractivity contribution in [2.45, 2.75) is 50.2 Å². The van der Waals surface area contributed by atoms with Crippen LogP contribution in [0.1, 0.15) is 42.5 Å². The maximum absolute atomic E-state index is 12.8. The van der Waals surface area contributed by atoms with Gasteiger partial charge in [-0.05, 0) is 37.5 Å². The minimum Gasteiger partial charge on any atom is -0.394 e. The molecule has 0 aliphatic carbocycles. The minimum atomic E-state index is -4.40. The van der Waals surface area contributed by atoms with Gasteiger partial charge in [0.05, 0.1) is 30.5 Å². The molecule has 0 radical (unpaired) electrons. The zero-order valence-electron chi connectivity index (χ0n) is 14.4. The molecule has 8 heteroatoms. The summed E-state index contributed by atoms with van der Waals surface area (Å²) in [5.74, 6) is 0. The van der Waals surface area contributed by atoms with Gasteiger partial charge in [-0.3, -0.25) is 4.68 Å². The average molecular weight is 369 g/mol. The van der Waals surface area contributed by atoms with Crippen molar-refractivity contribution in [3.05, 3.63) is 53.3 Å². The number of hydrogen-bond acceptors (Lipinski definition) is 4. The summed E-state index contributed by atoms with van der Waals surface area (Å²) in [6.07, 6.45) is -0.183. The Morgan fingerprint density at radius 3 is 2.58 bits per heavy atom. The third-order valence-corrected chi connectivity index (χ3v) is 4.81. The highest BCUT2D eigenvalue weighted by Gasteiger charge is 2.40. The van der Waals surface area contributed by atoms with Crippen LogP contribution in [0.15, 0.2) is 36.7 Å². The Balaban J connectivity index is 1.83. The summed E-state index contributed by atoms with van der Waals surface area (Å²) in [6.45, 7) is 2.29. The van der Waals surface area contributed by atoms with E-state index in [0.29, 0.717) is 24.9 Å². The first-order valence-electron chi connectivity index (χ1n) is 8.51. The van der Waals surface area contributed by atoms with Crippen molar-refractivity contribution in [3.8, 4) is 0 Å². The highest BCUT2D eigenvalue weighted by Crippen LogP contribution is 2.41. The van der Waals surface area contributed by atoms with E-state index in [2.05, 4.69) is 10.4 Å². The molecular weight excluding hydrogens is 347 g/mol. The first-order valence-corrected chi connectivity index (χ1v) is 8.51. The predicted molar refractivity (Wildman–Crippen MR) is 89.2 cm³/mol. The van der Waals surface area contributed by atoms with Gasteiger partial charge in [0.25, 0.3) is 0 Å². The monoisotopic (exact) mass is 369 g/mol. The molecule has 1 aromatic carbocycles. The lowest BCUT2D eigenvalue weighted by Gasteiger charge is -2.41. The molecule has 1 saturated heterocycles. The maximum Gasteiger partial charge on any atom is 0.416 e. The molecule has 3 rings (SSSR count). The second-order valence-corrected chi connectivity index (χ2v) is 6.90. The number of hydrogen-bond donors (Lipinski definition) is 3. The molecule has 1 fully saturated rings. The Morgan fingerprint density at radius 2 is 1.96 bits per heavy atom. The van der Waals surface area contributed by atoms with Crippen LogP contribution < -0.4 is 5.32 Å². The van der Waals surface area contributed by atoms with Crippen molar-refractivity contribution in [1.82, 2.24) is 15.1 Å². The molecule has 1 aliphatic rings. The molecule has 3 unspecified atom stereocenters. The minimum absolute atomic E-state index is 0.0227. The smallest absolute Gasteiger partial charge is 0.394 e. The van der Waals surface area contributed by atoms with Gasteiger partial charge >= 0.3 is 6.18 Å². The van der Waals surface area contributed by atoms with Gasteiger partial charge in [0, 0.05) is 23.8 Å². The molecule has 2 heterocycles. The summed E-state index contributed by atoms with van der Waals surface area (Å²) < 4.78 is 39.9. The van der Waals surface area contributed by atoms with Crippen LogP contribution in [0.5, 0.6) is 0 Å². The van der Waals surface area contributed by atoms with Gasteiger partial charge in [-0.1, -0.05) is 12.1 Å². The van der Waals surface area contributed by atoms with Crippen molar-refractivity contribution in [1.29, 1.82) is 0 Å². The molecule has 1 aliphatic heterocycles. The average Bonchev–Trinajstić information content (AvgIpc) is 3.02. The van der Waals surface area contributed by atoms with Crippen molar-refractivity contribution < 1.29 is 23.4 Å². The van der Waals surface area contributed by atoms with Gasteiger partial charge < -0.3 is 15.5 Å². The molecular formula is C18H22F3N3O2. The fraction of sp³-hybridized carbons (Fsp3) is 0.500. The summed E-state index contributed by atoms with van der Waals surface area (Å²) in [5.41, 5.74) is -0.603. The van der Waals surface area contributed by atoms with Gasteiger partial charge in [0.2, 0.25) is 0 Å². The van der Waals surface area contributed by atoms with E-state index >= 15 is 0 Å². The first kappa shape index (κ1) is 18.9. The number of nitrogens with zero attached hydrogens (tertiary/aromatic N) is 2. The zero-order valence-corrected chi connectivity index (χ0v) is 14.4. The highest BCUT2D eigenvalue weighted by molar-refractivity contribution is 5.30. The lowest BCUT2D eigenvalue weighted by atomic mass is 9.77. The highest BCUT2D eigenvalue weighted by atomic mass is 19.4. The van der Waals surface area contributed by atoms with E-state index in [1.165, 1.54) is 12.1 Å². The van der Waals surface area contributed by atoms with Gasteiger partial charge in [-0.2, -0.15) is 18.3 Å². The maximum atomic E-state index is 12.8. The van der Waals surface area contributed by atoms with E-state index in [4.69, 9.17) is 5.11 Å². The third-order valence-electron chi connectivity index (χ3n) is 4.81. The number of aliphatic hydroxyl groups excluding tert-OH is 1. The molecule has 1 aromatic heterocycles. The Bertz CT molecular complexity index is 745. The molecule has 0 saturated carbocycles. The number of alkyl halides is 3. The molecule has 0 bridgehead atoms. The Kier molecular flexibility index (Phi) is 5.09. The quantitative estimate of drug-likeness (QED) is 0.775. The number of nitrogens with one attached hydrogen (secondary N) is 1. The summed E-state index contributed by atoms with van der Waals surface area (Å²) in [5, 5.41) is 27.7. The van der Waals surface area contributed by atoms with Crippen molar-refractivity contribution >= 4 is 0 Å². The lowest BCUT2D eigenvalue weighted by Crippen LogP contribution is -2.46. The lowest BCUT2D eigenvalue weighted by molar-refractivity contribution is -0.137. The van der Waals surface area contributed by atoms with Gasteiger partial charge in [-0.15, -0.1) is 0 Å². The van der Waals surface area contributed by atoms with Crippen molar-refractivity contribution in [3.63, 3.8) is 0 Å². The Labute approximate surface area is 149 Å². The molecule has 3 atom stereocenters. The molecule has 3 N–H and O–H groups in total. The van der Waals surface area contributed by atoms with Crippen LogP contribution in [-0.4, -0.2) is 32.6 Å². The summed E-state index contributed by atoms with van der Waals surface area (Å²) in [6, 6.07) is 4.52. The normalized spacial score (nSPS) is 26.8. The second-order valence-electron chi connectivity index (χ2n) is 6.90. The van der Waals surface area contributed by atoms with Crippen LogP contribution in [0.2, 0.25) is 0 Å². The van der Waals surface area contributed by atoms with Crippen LogP contribution in [-0.2, 0) is 18.3 Å².